The van der Waals surface area contributed by atoms with E-state index in [1.807, 2.05) is 64.5 Å². The number of ether oxygens (including phenoxy) is 3. The molecule has 0 aliphatic rings. The number of phenols is 2. The van der Waals surface area contributed by atoms with Gasteiger partial charge in [0.1, 0.15) is 58.2 Å². The second kappa shape index (κ2) is 11.4. The molecule has 13 nitrogen and oxygen atoms in total. The second-order valence-corrected chi connectivity index (χ2v) is 14.9. The van der Waals surface area contributed by atoms with Crippen LogP contribution >= 0.6 is 0 Å². The van der Waals surface area contributed by atoms with E-state index in [0.717, 1.165) is 33.2 Å². The van der Waals surface area contributed by atoms with E-state index in [2.05, 4.69) is 41.5 Å². The van der Waals surface area contributed by atoms with Crippen molar-refractivity contribution in [1.29, 1.82) is 0 Å². The molecule has 8 aromatic rings. The predicted octanol–water partition coefficient (Wildman–Crippen LogP) is 6.19. The Balaban J connectivity index is 0.811. The summed E-state index contributed by atoms with van der Waals surface area (Å²) in [5.41, 5.74) is 7.73. The van der Waals surface area contributed by atoms with Crippen LogP contribution in [0.3, 0.4) is 0 Å². The fourth-order valence-electron chi connectivity index (χ4n) is 6.30. The molecular weight excluding hydrogens is 652 g/mol. The van der Waals surface area contributed by atoms with E-state index in [0.29, 0.717) is 22.5 Å². The first-order valence-electron chi connectivity index (χ1n) is 16.9. The minimum absolute atomic E-state index is 0.0428. The van der Waals surface area contributed by atoms with Crippen LogP contribution in [0.15, 0.2) is 72.8 Å². The highest BCUT2D eigenvalue weighted by Crippen LogP contribution is 2.36. The maximum absolute atomic E-state index is 12.7. The number of fused-ring (bicyclic) bond motifs is 8. The Labute approximate surface area is 292 Å². The van der Waals surface area contributed by atoms with Gasteiger partial charge in [-0.3, -0.25) is 0 Å². The third-order valence-electron chi connectivity index (χ3n) is 9.34. The summed E-state index contributed by atoms with van der Waals surface area (Å²) in [6.07, 6.45) is 0. The van der Waals surface area contributed by atoms with E-state index in [9.17, 15) is 19.8 Å². The second-order valence-electron chi connectivity index (χ2n) is 14.9. The van der Waals surface area contributed by atoms with Gasteiger partial charge in [-0.1, -0.05) is 53.7 Å². The van der Waals surface area contributed by atoms with Gasteiger partial charge in [0.05, 0.1) is 24.3 Å². The lowest BCUT2D eigenvalue weighted by Gasteiger charge is -2.19. The number of esters is 2. The van der Waals surface area contributed by atoms with Gasteiger partial charge in [-0.15, -0.1) is 28.1 Å². The van der Waals surface area contributed by atoms with E-state index in [-0.39, 0.29) is 48.8 Å². The molecule has 0 aliphatic carbocycles. The molecule has 0 aliphatic heterocycles. The van der Waals surface area contributed by atoms with Gasteiger partial charge in [-0.05, 0) is 82.6 Å². The molecule has 264 valence electrons. The largest absolute Gasteiger partial charge is 0.506 e. The third-order valence-corrected chi connectivity index (χ3v) is 9.34. The first-order valence-corrected chi connectivity index (χ1v) is 16.9. The van der Waals surface area contributed by atoms with Gasteiger partial charge < -0.3 is 24.4 Å². The summed E-state index contributed by atoms with van der Waals surface area (Å²) in [5, 5.41) is 21.1. The van der Waals surface area contributed by atoms with Crippen molar-refractivity contribution in [3.8, 4) is 22.9 Å². The average molecular weight is 693 g/mol. The molecule has 0 bridgehead atoms. The molecule has 0 saturated carbocycles. The number of hydrogen-bond donors (Lipinski definition) is 2. The molecule has 0 amide bonds. The molecular formula is C38H40N6O7. The highest BCUT2D eigenvalue weighted by atomic mass is 16.6. The van der Waals surface area contributed by atoms with E-state index in [4.69, 9.17) is 14.2 Å². The molecule has 2 N–H and O–H groups in total. The highest BCUT2D eigenvalue weighted by molar-refractivity contribution is 5.95. The molecule has 51 heavy (non-hydrogen) atoms. The predicted molar refractivity (Wildman–Crippen MR) is 190 cm³/mol. The van der Waals surface area contributed by atoms with Crippen LogP contribution in [-0.4, -0.2) is 76.7 Å². The number of carbonyl (C=O) groups excluding carboxylic acids is 2. The van der Waals surface area contributed by atoms with Crippen LogP contribution in [-0.2, 0) is 25.0 Å². The van der Waals surface area contributed by atoms with Gasteiger partial charge in [0.2, 0.25) is 0 Å². The lowest BCUT2D eigenvalue weighted by atomic mass is 9.87. The van der Waals surface area contributed by atoms with Crippen LogP contribution in [0.4, 0.5) is 0 Å². The lowest BCUT2D eigenvalue weighted by molar-refractivity contribution is 0.0151. The van der Waals surface area contributed by atoms with Gasteiger partial charge in [-0.25, -0.2) is 9.59 Å². The fourth-order valence-corrected chi connectivity index (χ4v) is 6.30. The van der Waals surface area contributed by atoms with Gasteiger partial charge in [0.25, 0.3) is 0 Å². The van der Waals surface area contributed by atoms with Crippen molar-refractivity contribution in [3.05, 3.63) is 95.1 Å². The van der Waals surface area contributed by atoms with Crippen molar-refractivity contribution >= 4 is 34.0 Å². The maximum atomic E-state index is 12.7. The van der Waals surface area contributed by atoms with Gasteiger partial charge in [0.15, 0.2) is 0 Å². The van der Waals surface area contributed by atoms with Crippen LogP contribution in [0.5, 0.6) is 11.5 Å². The molecule has 0 atom stereocenters. The SMILES string of the molecule is CC(C)(C)c1ccc(O)c(-n2n3c4ccc(C(=O)OCCOCCOC(=O)c5ccc6c(c5)n5n(-c7cc(C(C)(C)C)ccc7O)n65)cc4n23)c1. The summed E-state index contributed by atoms with van der Waals surface area (Å²) in [4.78, 5) is 29.2. The Morgan fingerprint density at radius 1 is 0.529 bits per heavy atom. The minimum atomic E-state index is -0.474. The monoisotopic (exact) mass is 692 g/mol. The van der Waals surface area contributed by atoms with Crippen molar-refractivity contribution in [3.63, 3.8) is 0 Å². The molecule has 8 rings (SSSR count). The first-order chi connectivity index (χ1) is 24.2. The number of nitrogens with zero attached hydrogens (tertiary/aromatic N) is 6. The Bertz CT molecular complexity index is 2380. The molecule has 4 aromatic carbocycles. The Kier molecular flexibility index (Phi) is 7.21. The number of aromatic nitrogens is 6. The fraction of sp³-hybridized carbons (Fsp3) is 0.316. The summed E-state index contributed by atoms with van der Waals surface area (Å²) >= 11 is 0. The average Bonchev–Trinajstić information content (AvgIpc) is 3.94. The number of carbonyl (C=O) groups is 2. The number of benzene rings is 4. The molecule has 0 spiro atoms. The van der Waals surface area contributed by atoms with Crippen LogP contribution in [0.25, 0.3) is 33.4 Å². The van der Waals surface area contributed by atoms with Gasteiger partial charge in [-0.2, -0.15) is 0 Å². The zero-order chi connectivity index (χ0) is 36.0. The topological polar surface area (TPSA) is 130 Å². The zero-order valence-corrected chi connectivity index (χ0v) is 29.4. The van der Waals surface area contributed by atoms with Gasteiger partial charge in [0, 0.05) is 0 Å². The van der Waals surface area contributed by atoms with Gasteiger partial charge >= 0.3 is 11.9 Å². The maximum Gasteiger partial charge on any atom is 0.338 e. The highest BCUT2D eigenvalue weighted by Gasteiger charge is 2.29. The number of hydrogen-bond acceptors (Lipinski definition) is 7. The Hall–Kier alpha value is -5.82. The quantitative estimate of drug-likeness (QED) is 0.129. The van der Waals surface area contributed by atoms with E-state index in [1.54, 1.807) is 36.4 Å². The summed E-state index contributed by atoms with van der Waals surface area (Å²) in [6.45, 7) is 13.1. The zero-order valence-electron chi connectivity index (χ0n) is 29.4. The summed E-state index contributed by atoms with van der Waals surface area (Å²) in [7, 11) is 0. The van der Waals surface area contributed by atoms with E-state index >= 15 is 0 Å². The van der Waals surface area contributed by atoms with Crippen LogP contribution < -0.4 is 0 Å². The van der Waals surface area contributed by atoms with E-state index in [1.165, 1.54) is 0 Å². The smallest absolute Gasteiger partial charge is 0.338 e. The summed E-state index contributed by atoms with van der Waals surface area (Å²) < 4.78 is 23.9. The number of phenolic OH excluding ortho intramolecular Hbond substituents is 2. The molecule has 0 radical (unpaired) electrons. The van der Waals surface area contributed by atoms with E-state index < -0.39 is 11.9 Å². The minimum Gasteiger partial charge on any atom is -0.506 e. The van der Waals surface area contributed by atoms with Crippen molar-refractivity contribution in [2.75, 3.05) is 26.4 Å². The molecule has 0 unspecified atom stereocenters. The van der Waals surface area contributed by atoms with Crippen LogP contribution in [0, 0.1) is 0 Å². The lowest BCUT2D eigenvalue weighted by Crippen LogP contribution is -2.15. The third kappa shape index (κ3) is 5.44. The molecule has 0 saturated heterocycles. The summed E-state index contributed by atoms with van der Waals surface area (Å²) in [5.74, 6) is -0.602. The Morgan fingerprint density at radius 2 is 0.922 bits per heavy atom. The molecule has 0 fully saturated rings. The molecule has 13 heteroatoms. The van der Waals surface area contributed by atoms with Crippen LogP contribution in [0.2, 0.25) is 0 Å². The van der Waals surface area contributed by atoms with Crippen molar-refractivity contribution in [2.45, 2.75) is 52.4 Å². The Morgan fingerprint density at radius 3 is 1.31 bits per heavy atom. The number of aromatic hydroxyl groups is 2. The standard InChI is InChI=1S/C38H40N6O7/c1-37(2,3)25-9-13-33(45)31(21-25)43-39-27-11-7-23(19-29(27)41(39)43)35(47)50-17-15-49-16-18-51-36(48)24-8-12-28-30(20-24)42-40(28)44(42)32-22-26(38(4,5)6)10-14-34(32)46/h7-14,19-22,45-46H,15-18H2,1-6H3. The van der Waals surface area contributed by atoms with Crippen molar-refractivity contribution in [1.82, 2.24) is 28.1 Å². The van der Waals surface area contributed by atoms with Crippen LogP contribution in [0.1, 0.15) is 73.4 Å². The summed E-state index contributed by atoms with van der Waals surface area (Å²) in [6, 6.07) is 21.9. The van der Waals surface area contributed by atoms with Crippen molar-refractivity contribution in [2.24, 2.45) is 0 Å². The van der Waals surface area contributed by atoms with Crippen molar-refractivity contribution < 1.29 is 34.0 Å². The molecule has 4 aromatic heterocycles. The molecule has 4 heterocycles. The normalized spacial score (nSPS) is 12.8. The number of rotatable bonds is 10. The first kappa shape index (κ1) is 32.4.